The van der Waals surface area contributed by atoms with Crippen molar-refractivity contribution in [2.75, 3.05) is 9.80 Å². The molecule has 2 aromatic heterocycles. The summed E-state index contributed by atoms with van der Waals surface area (Å²) >= 11 is 0. The van der Waals surface area contributed by atoms with E-state index >= 15 is 0 Å². The third kappa shape index (κ3) is 5.93. The van der Waals surface area contributed by atoms with E-state index in [-0.39, 0.29) is 43.6 Å². The number of para-hydroxylation sites is 5. The highest BCUT2D eigenvalue weighted by molar-refractivity contribution is 7.00. The molecule has 330 valence electrons. The Hall–Kier alpha value is -9.32. The summed E-state index contributed by atoms with van der Waals surface area (Å²) in [5.41, 5.74) is 11.2. The Kier molecular flexibility index (Phi) is 5.94. The molecule has 2 aliphatic heterocycles. The average molecular weight is 919 g/mol. The van der Waals surface area contributed by atoms with Crippen LogP contribution in [0.4, 0.5) is 34.1 Å². The highest BCUT2D eigenvalue weighted by atomic mass is 15.2. The SMILES string of the molecule is [2H]c1c([2H])c([2H])c2c(c1[2H])c1c([2H])c([2H])c([2H])c([2H])c1n2-c1ccc2c(c1)N(c1ccc(-c3ccccc3)cc1)c1cccc3c1B2c1ccc(-n2c4c([2H])c([2H])c([2H])c([2H])c4c4c([2H])c([2H])c([2H])c([2H])c42)cc1N3c1ccccc1-c1ccccc1. The summed E-state index contributed by atoms with van der Waals surface area (Å²) < 4.78 is 148. The van der Waals surface area contributed by atoms with Gasteiger partial charge in [-0.2, -0.15) is 0 Å². The van der Waals surface area contributed by atoms with Gasteiger partial charge in [0.15, 0.2) is 0 Å². The summed E-state index contributed by atoms with van der Waals surface area (Å²) in [4.78, 5) is 4.31. The van der Waals surface area contributed by atoms with Gasteiger partial charge in [0.2, 0.25) is 0 Å². The summed E-state index contributed by atoms with van der Waals surface area (Å²) in [5, 5.41) is -0.201. The van der Waals surface area contributed by atoms with Crippen LogP contribution in [0.15, 0.2) is 260 Å². The number of nitrogens with zero attached hydrogens (tertiary/aromatic N) is 4. The van der Waals surface area contributed by atoms with Gasteiger partial charge in [0.05, 0.1) is 49.7 Å². The molecular formula is C66H43BN4. The van der Waals surface area contributed by atoms with Crippen molar-refractivity contribution < 1.29 is 21.9 Å². The monoisotopic (exact) mass is 918 g/mol. The molecule has 0 unspecified atom stereocenters. The molecule has 4 heterocycles. The molecule has 4 nitrogen and oxygen atoms in total. The minimum Gasteiger partial charge on any atom is -0.311 e. The van der Waals surface area contributed by atoms with Crippen LogP contribution in [0.1, 0.15) is 21.9 Å². The van der Waals surface area contributed by atoms with Crippen molar-refractivity contribution in [2.45, 2.75) is 0 Å². The van der Waals surface area contributed by atoms with Crippen molar-refractivity contribution in [2.24, 2.45) is 0 Å². The van der Waals surface area contributed by atoms with E-state index in [1.807, 2.05) is 152 Å². The highest BCUT2D eigenvalue weighted by Gasteiger charge is 2.44. The largest absolute Gasteiger partial charge is 0.311 e. The van der Waals surface area contributed by atoms with Crippen LogP contribution in [0.3, 0.4) is 0 Å². The number of benzene rings is 11. The summed E-state index contributed by atoms with van der Waals surface area (Å²) in [6, 6.07) is 45.6. The lowest BCUT2D eigenvalue weighted by atomic mass is 9.33. The van der Waals surface area contributed by atoms with Gasteiger partial charge >= 0.3 is 0 Å². The number of hydrogen-bond acceptors (Lipinski definition) is 2. The first-order valence-electron chi connectivity index (χ1n) is 31.2. The average Bonchev–Trinajstić information content (AvgIpc) is 1.69. The smallest absolute Gasteiger partial charge is 0.252 e. The molecule has 0 fully saturated rings. The standard InChI is InChI=1S/C66H43BN4/c1-3-18-44(19-4-1)45-34-36-47(37-35-45)68-62-32-17-33-63-66(62)67(55-40-38-48(42-64(55)68)69-58-28-13-8-23-51(58)52-24-9-14-29-59(52)69)56-41-39-49(70-60-30-15-10-25-53(60)54-26-11-16-31-61(54)70)43-65(56)71(63)57-27-12-7-22-50(57)46-20-5-2-6-21-46/h1-43H/i8D,9D,10D,11D,13D,14D,15D,16D,23D,24D,25D,26D,28D,29D,30D,31D. The minimum absolute atomic E-state index is 0.0248. The van der Waals surface area contributed by atoms with Gasteiger partial charge in [-0.05, 0) is 112 Å². The Bertz CT molecular complexity index is 5050. The van der Waals surface area contributed by atoms with Gasteiger partial charge in [-0.3, -0.25) is 0 Å². The number of aromatic nitrogens is 2. The van der Waals surface area contributed by atoms with Crippen molar-refractivity contribution in [1.82, 2.24) is 9.13 Å². The molecule has 0 bridgehead atoms. The molecule has 5 heteroatoms. The van der Waals surface area contributed by atoms with Crippen LogP contribution in [-0.4, -0.2) is 15.8 Å². The minimum atomic E-state index is -0.593. The van der Waals surface area contributed by atoms with Gasteiger partial charge in [-0.15, -0.1) is 0 Å². The van der Waals surface area contributed by atoms with Gasteiger partial charge < -0.3 is 18.9 Å². The van der Waals surface area contributed by atoms with Crippen LogP contribution < -0.4 is 26.2 Å². The summed E-state index contributed by atoms with van der Waals surface area (Å²) in [5.74, 6) is 0. The maximum atomic E-state index is 9.42. The topological polar surface area (TPSA) is 16.3 Å². The predicted molar refractivity (Wildman–Crippen MR) is 300 cm³/mol. The molecule has 0 radical (unpaired) electrons. The lowest BCUT2D eigenvalue weighted by Crippen LogP contribution is -2.61. The summed E-state index contributed by atoms with van der Waals surface area (Å²) in [7, 11) is 0. The van der Waals surface area contributed by atoms with Crippen LogP contribution in [0.2, 0.25) is 0 Å². The van der Waals surface area contributed by atoms with Crippen LogP contribution >= 0.6 is 0 Å². The molecule has 0 aliphatic carbocycles. The zero-order chi connectivity index (χ0) is 60.5. The first kappa shape index (κ1) is 27.0. The van der Waals surface area contributed by atoms with Gasteiger partial charge in [-0.25, -0.2) is 0 Å². The van der Waals surface area contributed by atoms with Crippen molar-refractivity contribution in [1.29, 1.82) is 0 Å². The quantitative estimate of drug-likeness (QED) is 0.155. The van der Waals surface area contributed by atoms with E-state index in [0.29, 0.717) is 22.7 Å². The van der Waals surface area contributed by atoms with Crippen molar-refractivity contribution in [3.63, 3.8) is 0 Å². The highest BCUT2D eigenvalue weighted by Crippen LogP contribution is 2.48. The molecule has 11 aromatic carbocycles. The maximum absolute atomic E-state index is 9.42. The van der Waals surface area contributed by atoms with Gasteiger partial charge in [0.1, 0.15) is 0 Å². The predicted octanol–water partition coefficient (Wildman–Crippen LogP) is 15.3. The molecule has 0 saturated heterocycles. The number of hydrogen-bond donors (Lipinski definition) is 0. The van der Waals surface area contributed by atoms with Crippen LogP contribution in [0, 0.1) is 0 Å². The Labute approximate surface area is 434 Å². The molecule has 2 aliphatic rings. The van der Waals surface area contributed by atoms with Gasteiger partial charge in [-0.1, -0.05) is 182 Å². The lowest BCUT2D eigenvalue weighted by Gasteiger charge is -2.44. The lowest BCUT2D eigenvalue weighted by molar-refractivity contribution is 1.17. The van der Waals surface area contributed by atoms with E-state index < -0.39 is 103 Å². The fourth-order valence-electron chi connectivity index (χ4n) is 11.0. The Balaban J connectivity index is 1.06. The zero-order valence-corrected chi connectivity index (χ0v) is 37.5. The summed E-state index contributed by atoms with van der Waals surface area (Å²) in [6.07, 6.45) is 0. The first-order valence-corrected chi connectivity index (χ1v) is 23.2. The second-order valence-electron chi connectivity index (χ2n) is 17.7. The van der Waals surface area contributed by atoms with Crippen LogP contribution in [0.5, 0.6) is 0 Å². The van der Waals surface area contributed by atoms with Crippen LogP contribution in [-0.2, 0) is 0 Å². The number of fused-ring (bicyclic) bond motifs is 10. The molecule has 0 spiro atoms. The fraction of sp³-hybridized carbons (Fsp3) is 0. The normalized spacial score (nSPS) is 15.9. The Morgan fingerprint density at radius 1 is 0.310 bits per heavy atom. The molecule has 13 aromatic rings. The molecular weight excluding hydrogens is 860 g/mol. The van der Waals surface area contributed by atoms with Gasteiger partial charge in [0.25, 0.3) is 6.71 Å². The third-order valence-corrected chi connectivity index (χ3v) is 14.0. The molecule has 0 N–H and O–H groups in total. The second-order valence-corrected chi connectivity index (χ2v) is 17.7. The Morgan fingerprint density at radius 2 is 0.718 bits per heavy atom. The first-order chi connectivity index (χ1) is 41.9. The fourth-order valence-corrected chi connectivity index (χ4v) is 11.0. The van der Waals surface area contributed by atoms with Crippen molar-refractivity contribution >= 4 is 101 Å². The van der Waals surface area contributed by atoms with E-state index in [9.17, 15) is 11.0 Å². The molecule has 0 amide bonds. The van der Waals surface area contributed by atoms with Crippen molar-refractivity contribution in [3.8, 4) is 33.6 Å². The molecule has 15 rings (SSSR count). The number of anilines is 6. The molecule has 71 heavy (non-hydrogen) atoms. The number of rotatable bonds is 6. The molecule has 0 atom stereocenters. The van der Waals surface area contributed by atoms with E-state index in [1.54, 1.807) is 12.1 Å². The van der Waals surface area contributed by atoms with Gasteiger partial charge in [0, 0.05) is 66.9 Å². The summed E-state index contributed by atoms with van der Waals surface area (Å²) in [6.45, 7) is -0.593. The Morgan fingerprint density at radius 3 is 1.25 bits per heavy atom. The van der Waals surface area contributed by atoms with E-state index in [2.05, 4.69) is 9.80 Å². The zero-order valence-electron chi connectivity index (χ0n) is 53.5. The van der Waals surface area contributed by atoms with Crippen LogP contribution in [0.25, 0.3) is 77.2 Å². The second kappa shape index (κ2) is 15.6. The van der Waals surface area contributed by atoms with Crippen molar-refractivity contribution in [3.05, 3.63) is 260 Å². The van der Waals surface area contributed by atoms with E-state index in [1.165, 1.54) is 9.13 Å². The maximum Gasteiger partial charge on any atom is 0.252 e. The molecule has 0 saturated carbocycles. The third-order valence-electron chi connectivity index (χ3n) is 14.0. The van der Waals surface area contributed by atoms with E-state index in [4.69, 9.17) is 11.0 Å². The van der Waals surface area contributed by atoms with E-state index in [0.717, 1.165) is 61.4 Å².